The number of halogens is 19. The van der Waals surface area contributed by atoms with E-state index in [1.807, 2.05) is 0 Å². The molecule has 0 saturated carbocycles. The van der Waals surface area contributed by atoms with Gasteiger partial charge in [-0.1, -0.05) is 303 Å². The van der Waals surface area contributed by atoms with E-state index in [1.165, 1.54) is 0 Å². The van der Waals surface area contributed by atoms with Crippen LogP contribution in [0.4, 0.5) is 0 Å². The van der Waals surface area contributed by atoms with Crippen molar-refractivity contribution in [1.29, 1.82) is 0 Å². The van der Waals surface area contributed by atoms with Crippen molar-refractivity contribution in [2.75, 3.05) is 0 Å². The van der Waals surface area contributed by atoms with E-state index >= 15 is 0 Å². The maximum absolute atomic E-state index is 12.1. The van der Waals surface area contributed by atoms with Gasteiger partial charge in [0.1, 0.15) is 22.6 Å². The van der Waals surface area contributed by atoms with Crippen molar-refractivity contribution in [3.05, 3.63) is 0 Å². The standard InChI is InChI=1S/C9HBr19O2S/c10-1(11,2(12,13)4(16,17)6(20,21)8(24,25)26)3(14,15)5(18,19)7(22,23)9(27,28)31(29)30/h(H,29,30). The van der Waals surface area contributed by atoms with Crippen LogP contribution in [0.1, 0.15) is 0 Å². The molecule has 1 N–H and O–H groups in total. The predicted molar refractivity (Wildman–Crippen MR) is 205 cm³/mol. The van der Waals surface area contributed by atoms with Crippen LogP contribution >= 0.6 is 303 Å². The average molecular weight is 1690 g/mol. The van der Waals surface area contributed by atoms with E-state index in [0.29, 0.717) is 0 Å². The van der Waals surface area contributed by atoms with E-state index < -0.39 is 38.4 Å². The molecule has 188 valence electrons. The maximum atomic E-state index is 12.1. The van der Waals surface area contributed by atoms with Crippen LogP contribution < -0.4 is 0 Å². The molecule has 0 aromatic carbocycles. The number of alkyl halides is 19. The van der Waals surface area contributed by atoms with Crippen LogP contribution in [-0.4, -0.2) is 36.1 Å². The summed E-state index contributed by atoms with van der Waals surface area (Å²) in [5.41, 5.74) is 0. The average Bonchev–Trinajstić information content (AvgIpc) is 2.52. The maximum Gasteiger partial charge on any atom is 0.207 e. The first-order valence-electron chi connectivity index (χ1n) is 6.14. The third kappa shape index (κ3) is 7.15. The highest BCUT2D eigenvalue weighted by Crippen LogP contribution is 2.79. The Morgan fingerprint density at radius 2 is 0.581 bits per heavy atom. The highest BCUT2D eigenvalue weighted by molar-refractivity contribution is 9.42. The summed E-state index contributed by atoms with van der Waals surface area (Å²) in [6.07, 6.45) is 0. The molecule has 0 radical (unpaired) electrons. The summed E-state index contributed by atoms with van der Waals surface area (Å²) in [4.78, 5) is 0. The lowest BCUT2D eigenvalue weighted by Gasteiger charge is -2.58. The molecule has 0 aliphatic carbocycles. The van der Waals surface area contributed by atoms with Crippen molar-refractivity contribution in [2.45, 2.75) is 27.3 Å². The van der Waals surface area contributed by atoms with E-state index in [1.54, 1.807) is 0 Å². The van der Waals surface area contributed by atoms with Crippen molar-refractivity contribution in [3.8, 4) is 0 Å². The van der Waals surface area contributed by atoms with Gasteiger partial charge in [-0.3, -0.25) is 0 Å². The Labute approximate surface area is 342 Å². The molecule has 31 heavy (non-hydrogen) atoms. The lowest BCUT2D eigenvalue weighted by Crippen LogP contribution is -2.69. The first-order valence-corrected chi connectivity index (χ1v) is 22.3. The predicted octanol–water partition coefficient (Wildman–Crippen LogP) is 13.9. The number of hydrogen-bond acceptors (Lipinski definition) is 1. The molecule has 0 aromatic heterocycles. The number of hydrogen-bond donors (Lipinski definition) is 1. The van der Waals surface area contributed by atoms with Gasteiger partial charge >= 0.3 is 0 Å². The van der Waals surface area contributed by atoms with Crippen LogP contribution in [0.2, 0.25) is 0 Å². The Kier molecular flexibility index (Phi) is 17.0. The fraction of sp³-hybridized carbons (Fsp3) is 1.00. The van der Waals surface area contributed by atoms with Crippen LogP contribution in [0, 0.1) is 0 Å². The molecule has 0 bridgehead atoms. The molecule has 0 saturated heterocycles. The van der Waals surface area contributed by atoms with Gasteiger partial charge in [-0.15, -0.1) is 0 Å². The highest BCUT2D eigenvalue weighted by atomic mass is 80.0. The Morgan fingerprint density at radius 1 is 0.387 bits per heavy atom. The normalized spacial score (nSPS) is 17.7. The summed E-state index contributed by atoms with van der Waals surface area (Å²) in [5.74, 6) is 0. The molecule has 0 aliphatic rings. The summed E-state index contributed by atoms with van der Waals surface area (Å²) < 4.78 is 11.2. The highest BCUT2D eigenvalue weighted by Gasteiger charge is 2.79. The zero-order valence-corrected chi connectivity index (χ0v) is 43.9. The van der Waals surface area contributed by atoms with E-state index in [4.69, 9.17) is 0 Å². The topological polar surface area (TPSA) is 37.3 Å². The van der Waals surface area contributed by atoms with Gasteiger partial charge in [0.15, 0.2) is 13.2 Å². The van der Waals surface area contributed by atoms with E-state index in [2.05, 4.69) is 303 Å². The number of rotatable bonds is 8. The van der Waals surface area contributed by atoms with Crippen molar-refractivity contribution in [2.24, 2.45) is 0 Å². The fourth-order valence-corrected chi connectivity index (χ4v) is 19.5. The summed E-state index contributed by atoms with van der Waals surface area (Å²) in [6, 6.07) is 0. The van der Waals surface area contributed by atoms with Crippen LogP contribution in [0.3, 0.4) is 0 Å². The summed E-state index contributed by atoms with van der Waals surface area (Å²) in [5, 5.41) is 0. The van der Waals surface area contributed by atoms with Gasteiger partial charge in [-0.2, -0.15) is 0 Å². The van der Waals surface area contributed by atoms with E-state index in [0.717, 1.165) is 0 Å². The molecule has 0 fully saturated rings. The second kappa shape index (κ2) is 13.1. The smallest absolute Gasteiger partial charge is 0.207 e. The van der Waals surface area contributed by atoms with Crippen LogP contribution in [0.5, 0.6) is 0 Å². The second-order valence-corrected chi connectivity index (χ2v) is 41.8. The van der Waals surface area contributed by atoms with Crippen molar-refractivity contribution in [3.63, 3.8) is 0 Å². The first kappa shape index (κ1) is 40.2. The second-order valence-electron chi connectivity index (χ2n) is 5.28. The zero-order chi connectivity index (χ0) is 26.1. The molecule has 22 heteroatoms. The zero-order valence-electron chi connectivity index (χ0n) is 12.9. The minimum absolute atomic E-state index is 0.861. The van der Waals surface area contributed by atoms with Crippen molar-refractivity contribution in [1.82, 2.24) is 0 Å². The minimum atomic E-state index is -2.39. The van der Waals surface area contributed by atoms with Crippen molar-refractivity contribution >= 4 is 314 Å². The first-order chi connectivity index (χ1) is 12.9. The van der Waals surface area contributed by atoms with Gasteiger partial charge in [0, 0.05) is 0 Å². The monoisotopic (exact) mass is 1670 g/mol. The third-order valence-corrected chi connectivity index (χ3v) is 44.0. The van der Waals surface area contributed by atoms with Gasteiger partial charge in [0.05, 0.1) is 0 Å². The lowest BCUT2D eigenvalue weighted by atomic mass is 10.1. The van der Waals surface area contributed by atoms with Crippen LogP contribution in [0.15, 0.2) is 0 Å². The van der Waals surface area contributed by atoms with Crippen LogP contribution in [0.25, 0.3) is 0 Å². The molecule has 0 amide bonds. The molecule has 0 spiro atoms. The molecular weight excluding hydrogens is 1690 g/mol. The van der Waals surface area contributed by atoms with Crippen molar-refractivity contribution < 1.29 is 8.76 Å². The Bertz CT molecular complexity index is 706. The summed E-state index contributed by atoms with van der Waals surface area (Å²) in [7, 11) is 0. The Balaban J connectivity index is 6.95. The molecule has 0 heterocycles. The lowest BCUT2D eigenvalue weighted by molar-refractivity contribution is 0.543. The molecule has 0 aromatic rings. The summed E-state index contributed by atoms with van der Waals surface area (Å²) >= 11 is 66.5. The minimum Gasteiger partial charge on any atom is -0.304 e. The molecule has 0 rings (SSSR count). The fourth-order valence-electron chi connectivity index (χ4n) is 1.46. The largest absolute Gasteiger partial charge is 0.304 e. The van der Waals surface area contributed by atoms with Gasteiger partial charge in [-0.25, -0.2) is 4.21 Å². The molecule has 1 atom stereocenters. The molecule has 0 aliphatic heterocycles. The quantitative estimate of drug-likeness (QED) is 0.194. The molecule has 2 nitrogen and oxygen atoms in total. The van der Waals surface area contributed by atoms with E-state index in [9.17, 15) is 8.76 Å². The Hall–Kier alpha value is 9.23. The van der Waals surface area contributed by atoms with Gasteiger partial charge < -0.3 is 4.55 Å². The SMILES string of the molecule is O=S(O)C(Br)(Br)C(Br)(Br)C(Br)(Br)C(Br)(Br)C(Br)(Br)C(Br)(Br)C(Br)(Br)C(Br)(Br)C(Br)(Br)Br. The summed E-state index contributed by atoms with van der Waals surface area (Å²) in [6.45, 7) is 0. The third-order valence-electron chi connectivity index (χ3n) is 3.31. The molecular formula is C9HBr19O2S. The van der Waals surface area contributed by atoms with Gasteiger partial charge in [0.25, 0.3) is 0 Å². The molecule has 1 unspecified atom stereocenters. The van der Waals surface area contributed by atoms with E-state index in [-0.39, 0.29) is 0 Å². The Morgan fingerprint density at radius 3 is 0.774 bits per heavy atom. The van der Waals surface area contributed by atoms with Crippen LogP contribution in [-0.2, 0) is 11.1 Å². The van der Waals surface area contributed by atoms with Gasteiger partial charge in [-0.05, 0) is 0 Å². The van der Waals surface area contributed by atoms with Gasteiger partial charge in [0.2, 0.25) is 2.57 Å².